The van der Waals surface area contributed by atoms with Gasteiger partial charge in [0.1, 0.15) is 11.5 Å². The quantitative estimate of drug-likeness (QED) is 0.619. The molecule has 21 heavy (non-hydrogen) atoms. The summed E-state index contributed by atoms with van der Waals surface area (Å²) < 4.78 is 5.19. The lowest BCUT2D eigenvalue weighted by molar-refractivity contribution is 0.0982. The fraction of sp³-hybridized carbons (Fsp3) is 0.235. The van der Waals surface area contributed by atoms with E-state index in [1.54, 1.807) is 37.4 Å². The zero-order valence-electron chi connectivity index (χ0n) is 12.2. The van der Waals surface area contributed by atoms with Crippen LogP contribution >= 0.6 is 0 Å². The van der Waals surface area contributed by atoms with Crippen molar-refractivity contribution in [3.8, 4) is 11.5 Å². The van der Waals surface area contributed by atoms with Crippen molar-refractivity contribution in [1.29, 1.82) is 0 Å². The van der Waals surface area contributed by atoms with Crippen LogP contribution in [0.5, 0.6) is 11.5 Å². The largest absolute Gasteiger partial charge is 0.508 e. The van der Waals surface area contributed by atoms with Crippen molar-refractivity contribution in [3.05, 3.63) is 48.0 Å². The molecule has 2 aromatic carbocycles. The standard InChI is InChI=1S/C17H19NO3/c1-3-4-17(20)15-11-14(21-2)9-10-16(15)18-12-5-7-13(19)8-6-12/h5-11,18-19H,3-4H2,1-2H3. The molecule has 0 radical (unpaired) electrons. The molecular weight excluding hydrogens is 266 g/mol. The van der Waals surface area contributed by atoms with Crippen molar-refractivity contribution < 1.29 is 14.6 Å². The number of phenols is 1. The zero-order valence-corrected chi connectivity index (χ0v) is 12.2. The molecule has 0 heterocycles. The molecule has 0 aliphatic rings. The first kappa shape index (κ1) is 14.9. The average molecular weight is 285 g/mol. The molecule has 0 fully saturated rings. The van der Waals surface area contributed by atoms with E-state index in [9.17, 15) is 9.90 Å². The number of carbonyl (C=O) groups is 1. The number of carbonyl (C=O) groups excluding carboxylic acids is 1. The average Bonchev–Trinajstić information content (AvgIpc) is 2.50. The number of Topliss-reactive ketones (excluding diaryl/α,β-unsaturated/α-hetero) is 1. The topological polar surface area (TPSA) is 58.6 Å². The molecule has 2 N–H and O–H groups in total. The molecule has 4 heteroatoms. The van der Waals surface area contributed by atoms with Gasteiger partial charge in [0, 0.05) is 23.4 Å². The molecule has 0 aliphatic heterocycles. The van der Waals surface area contributed by atoms with Crippen molar-refractivity contribution in [1.82, 2.24) is 0 Å². The number of ether oxygens (including phenoxy) is 1. The molecule has 0 aromatic heterocycles. The van der Waals surface area contributed by atoms with Crippen LogP contribution in [0.3, 0.4) is 0 Å². The van der Waals surface area contributed by atoms with E-state index in [2.05, 4.69) is 5.32 Å². The van der Waals surface area contributed by atoms with Crippen molar-refractivity contribution >= 4 is 17.2 Å². The maximum atomic E-state index is 12.2. The third-order valence-electron chi connectivity index (χ3n) is 3.15. The minimum absolute atomic E-state index is 0.0812. The summed E-state index contributed by atoms with van der Waals surface area (Å²) in [5.74, 6) is 0.945. The Bertz CT molecular complexity index is 620. The summed E-state index contributed by atoms with van der Waals surface area (Å²) in [6.45, 7) is 1.98. The van der Waals surface area contributed by atoms with Crippen molar-refractivity contribution in [2.45, 2.75) is 19.8 Å². The summed E-state index contributed by atoms with van der Waals surface area (Å²) in [4.78, 5) is 12.2. The van der Waals surface area contributed by atoms with E-state index in [0.29, 0.717) is 17.7 Å². The molecule has 2 rings (SSSR count). The van der Waals surface area contributed by atoms with Gasteiger partial charge in [-0.15, -0.1) is 0 Å². The van der Waals surface area contributed by atoms with E-state index in [1.165, 1.54) is 0 Å². The van der Waals surface area contributed by atoms with Crippen LogP contribution in [0.4, 0.5) is 11.4 Å². The summed E-state index contributed by atoms with van der Waals surface area (Å²) in [5.41, 5.74) is 2.16. The third-order valence-corrected chi connectivity index (χ3v) is 3.15. The van der Waals surface area contributed by atoms with E-state index in [4.69, 9.17) is 4.74 Å². The lowest BCUT2D eigenvalue weighted by Crippen LogP contribution is -2.04. The maximum Gasteiger partial charge on any atom is 0.165 e. The number of ketones is 1. The predicted molar refractivity (Wildman–Crippen MR) is 83.6 cm³/mol. The second-order valence-electron chi connectivity index (χ2n) is 4.76. The van der Waals surface area contributed by atoms with Gasteiger partial charge in [0.05, 0.1) is 7.11 Å². The first-order valence-electron chi connectivity index (χ1n) is 6.91. The summed E-state index contributed by atoms with van der Waals surface area (Å²) >= 11 is 0. The molecule has 0 aliphatic carbocycles. The fourth-order valence-electron chi connectivity index (χ4n) is 2.05. The van der Waals surface area contributed by atoms with Gasteiger partial charge >= 0.3 is 0 Å². The van der Waals surface area contributed by atoms with Gasteiger partial charge in [-0.05, 0) is 48.9 Å². The van der Waals surface area contributed by atoms with Gasteiger partial charge in [-0.1, -0.05) is 6.92 Å². The normalized spacial score (nSPS) is 10.2. The van der Waals surface area contributed by atoms with Crippen LogP contribution in [-0.2, 0) is 0 Å². The number of benzene rings is 2. The van der Waals surface area contributed by atoms with Crippen LogP contribution in [0.1, 0.15) is 30.1 Å². The number of aromatic hydroxyl groups is 1. The molecule has 4 nitrogen and oxygen atoms in total. The molecule has 0 saturated carbocycles. The van der Waals surface area contributed by atoms with Crippen LogP contribution in [0, 0.1) is 0 Å². The number of anilines is 2. The smallest absolute Gasteiger partial charge is 0.165 e. The molecule has 0 spiro atoms. The van der Waals surface area contributed by atoms with Crippen molar-refractivity contribution in [2.24, 2.45) is 0 Å². The lowest BCUT2D eigenvalue weighted by atomic mass is 10.0. The highest BCUT2D eigenvalue weighted by molar-refractivity contribution is 6.02. The van der Waals surface area contributed by atoms with Gasteiger partial charge in [0.15, 0.2) is 5.78 Å². The van der Waals surface area contributed by atoms with E-state index < -0.39 is 0 Å². The highest BCUT2D eigenvalue weighted by Gasteiger charge is 2.12. The molecular formula is C17H19NO3. The van der Waals surface area contributed by atoms with Crippen LogP contribution in [0.25, 0.3) is 0 Å². The minimum Gasteiger partial charge on any atom is -0.508 e. The van der Waals surface area contributed by atoms with Gasteiger partial charge in [-0.25, -0.2) is 0 Å². The Morgan fingerprint density at radius 2 is 1.90 bits per heavy atom. The van der Waals surface area contributed by atoms with Gasteiger partial charge in [0.25, 0.3) is 0 Å². The number of hydrogen-bond donors (Lipinski definition) is 2. The van der Waals surface area contributed by atoms with Gasteiger partial charge in [0.2, 0.25) is 0 Å². The van der Waals surface area contributed by atoms with Crippen LogP contribution < -0.4 is 10.1 Å². The predicted octanol–water partition coefficient (Wildman–Crippen LogP) is 4.13. The first-order chi connectivity index (χ1) is 10.1. The SMILES string of the molecule is CCCC(=O)c1cc(OC)ccc1Nc1ccc(O)cc1. The summed E-state index contributed by atoms with van der Waals surface area (Å²) in [7, 11) is 1.58. The second-order valence-corrected chi connectivity index (χ2v) is 4.76. The number of rotatable bonds is 6. The van der Waals surface area contributed by atoms with Crippen LogP contribution in [0.2, 0.25) is 0 Å². The highest BCUT2D eigenvalue weighted by atomic mass is 16.5. The van der Waals surface area contributed by atoms with Gasteiger partial charge < -0.3 is 15.2 Å². The number of methoxy groups -OCH3 is 1. The van der Waals surface area contributed by atoms with E-state index in [0.717, 1.165) is 17.8 Å². The summed E-state index contributed by atoms with van der Waals surface area (Å²) in [5, 5.41) is 12.5. The van der Waals surface area contributed by atoms with Gasteiger partial charge in [-0.3, -0.25) is 4.79 Å². The van der Waals surface area contributed by atoms with Crippen LogP contribution in [-0.4, -0.2) is 18.0 Å². The Morgan fingerprint density at radius 3 is 2.52 bits per heavy atom. The Kier molecular flexibility index (Phi) is 4.82. The highest BCUT2D eigenvalue weighted by Crippen LogP contribution is 2.27. The number of nitrogens with one attached hydrogen (secondary N) is 1. The summed E-state index contributed by atoms with van der Waals surface area (Å²) in [6.07, 6.45) is 1.30. The molecule has 0 atom stereocenters. The Labute approximate surface area is 124 Å². The van der Waals surface area contributed by atoms with Crippen molar-refractivity contribution in [3.63, 3.8) is 0 Å². The number of phenolic OH excluding ortho intramolecular Hbond substituents is 1. The van der Waals surface area contributed by atoms with Gasteiger partial charge in [-0.2, -0.15) is 0 Å². The summed E-state index contributed by atoms with van der Waals surface area (Å²) in [6, 6.07) is 12.1. The Morgan fingerprint density at radius 1 is 1.19 bits per heavy atom. The second kappa shape index (κ2) is 6.79. The van der Waals surface area contributed by atoms with Crippen molar-refractivity contribution in [2.75, 3.05) is 12.4 Å². The molecule has 0 unspecified atom stereocenters. The van der Waals surface area contributed by atoms with E-state index in [-0.39, 0.29) is 11.5 Å². The van der Waals surface area contributed by atoms with E-state index >= 15 is 0 Å². The minimum atomic E-state index is 0.0812. The molecule has 0 amide bonds. The first-order valence-corrected chi connectivity index (χ1v) is 6.91. The fourth-order valence-corrected chi connectivity index (χ4v) is 2.05. The third kappa shape index (κ3) is 3.75. The van der Waals surface area contributed by atoms with Crippen LogP contribution in [0.15, 0.2) is 42.5 Å². The Balaban J connectivity index is 2.33. The lowest BCUT2D eigenvalue weighted by Gasteiger charge is -2.13. The molecule has 2 aromatic rings. The molecule has 0 saturated heterocycles. The number of hydrogen-bond acceptors (Lipinski definition) is 4. The Hall–Kier alpha value is -2.49. The van der Waals surface area contributed by atoms with E-state index in [1.807, 2.05) is 19.1 Å². The monoisotopic (exact) mass is 285 g/mol. The maximum absolute atomic E-state index is 12.2. The molecule has 110 valence electrons. The molecule has 0 bridgehead atoms. The zero-order chi connectivity index (χ0) is 15.2.